The van der Waals surface area contributed by atoms with Crippen LogP contribution in [0.5, 0.6) is 0 Å². The maximum absolute atomic E-state index is 11.7. The molecule has 0 radical (unpaired) electrons. The molecule has 0 fully saturated rings. The zero-order valence-corrected chi connectivity index (χ0v) is 12.1. The number of rotatable bonds is 5. The summed E-state index contributed by atoms with van der Waals surface area (Å²) in [5.74, 6) is -0.632. The lowest BCUT2D eigenvalue weighted by molar-refractivity contribution is -0.137. The molecule has 0 aliphatic rings. The Balaban J connectivity index is 2.21. The second-order valence-corrected chi connectivity index (χ2v) is 5.24. The van der Waals surface area contributed by atoms with E-state index in [4.69, 9.17) is 10.00 Å². The predicted octanol–water partition coefficient (Wildman–Crippen LogP) is 4.05. The molecule has 0 aliphatic heterocycles. The van der Waals surface area contributed by atoms with Crippen LogP contribution in [-0.4, -0.2) is 12.6 Å². The minimum absolute atomic E-state index is 0.0155. The monoisotopic (exact) mass is 295 g/mol. The van der Waals surface area contributed by atoms with Gasteiger partial charge in [0.25, 0.3) is 0 Å². The van der Waals surface area contributed by atoms with Gasteiger partial charge in [-0.2, -0.15) is 5.26 Å². The van der Waals surface area contributed by atoms with Crippen LogP contribution in [0.1, 0.15) is 4.88 Å². The Morgan fingerprint density at radius 2 is 2.05 bits per heavy atom. The van der Waals surface area contributed by atoms with Crippen LogP contribution in [0.15, 0.2) is 60.7 Å². The van der Waals surface area contributed by atoms with Crippen molar-refractivity contribution in [3.05, 3.63) is 65.6 Å². The van der Waals surface area contributed by atoms with E-state index in [0.717, 1.165) is 15.3 Å². The number of nitrogens with zero attached hydrogens (tertiary/aromatic N) is 1. The van der Waals surface area contributed by atoms with Crippen LogP contribution >= 0.6 is 11.3 Å². The minimum Gasteiger partial charge on any atom is -0.457 e. The second kappa shape index (κ2) is 7.22. The van der Waals surface area contributed by atoms with Crippen LogP contribution < -0.4 is 0 Å². The van der Waals surface area contributed by atoms with Crippen LogP contribution in [0.25, 0.3) is 16.5 Å². The molecule has 2 aromatic rings. The van der Waals surface area contributed by atoms with E-state index < -0.39 is 5.97 Å². The van der Waals surface area contributed by atoms with Gasteiger partial charge in [0.05, 0.1) is 0 Å². The average molecular weight is 295 g/mol. The first kappa shape index (κ1) is 14.8. The van der Waals surface area contributed by atoms with Gasteiger partial charge in [-0.1, -0.05) is 43.0 Å². The van der Waals surface area contributed by atoms with E-state index in [1.807, 2.05) is 48.5 Å². The van der Waals surface area contributed by atoms with Crippen LogP contribution in [0.3, 0.4) is 0 Å². The summed E-state index contributed by atoms with van der Waals surface area (Å²) >= 11 is 1.52. The smallest absolute Gasteiger partial charge is 0.349 e. The Bertz CT molecular complexity index is 708. The lowest BCUT2D eigenvalue weighted by Crippen LogP contribution is -2.06. The van der Waals surface area contributed by atoms with Gasteiger partial charge in [0.15, 0.2) is 0 Å². The summed E-state index contributed by atoms with van der Waals surface area (Å²) in [6.45, 7) is 3.56. The van der Waals surface area contributed by atoms with Crippen LogP contribution in [0, 0.1) is 11.3 Å². The average Bonchev–Trinajstić information content (AvgIpc) is 2.99. The molecule has 1 heterocycles. The predicted molar refractivity (Wildman–Crippen MR) is 84.5 cm³/mol. The summed E-state index contributed by atoms with van der Waals surface area (Å²) in [4.78, 5) is 13.6. The SMILES string of the molecule is C=CCOC(=O)/C(C#N)=C/c1ccc(-c2ccccc2)s1. The molecule has 0 aliphatic carbocycles. The van der Waals surface area contributed by atoms with Gasteiger partial charge < -0.3 is 4.74 Å². The Morgan fingerprint density at radius 3 is 2.71 bits per heavy atom. The van der Waals surface area contributed by atoms with E-state index in [0.29, 0.717) is 0 Å². The molecule has 0 atom stereocenters. The highest BCUT2D eigenvalue weighted by Gasteiger charge is 2.11. The van der Waals surface area contributed by atoms with Gasteiger partial charge in [0.1, 0.15) is 18.2 Å². The van der Waals surface area contributed by atoms with Crippen molar-refractivity contribution in [3.63, 3.8) is 0 Å². The largest absolute Gasteiger partial charge is 0.457 e. The molecule has 1 aromatic heterocycles. The number of benzene rings is 1. The fourth-order valence-corrected chi connectivity index (χ4v) is 2.64. The summed E-state index contributed by atoms with van der Waals surface area (Å²) in [5.41, 5.74) is 1.09. The van der Waals surface area contributed by atoms with Crippen LogP contribution in [0.2, 0.25) is 0 Å². The molecule has 4 heteroatoms. The van der Waals surface area contributed by atoms with Crippen molar-refractivity contribution in [3.8, 4) is 16.5 Å². The molecular weight excluding hydrogens is 282 g/mol. The minimum atomic E-state index is -0.632. The standard InChI is InChI=1S/C17H13NO2S/c1-2-10-20-17(19)14(12-18)11-15-8-9-16(21-15)13-6-4-3-5-7-13/h2-9,11H,1,10H2/b14-11+. The number of nitriles is 1. The number of thiophene rings is 1. The van der Waals surface area contributed by atoms with Crippen molar-refractivity contribution in [2.75, 3.05) is 6.61 Å². The van der Waals surface area contributed by atoms with Gasteiger partial charge in [-0.3, -0.25) is 0 Å². The molecule has 0 N–H and O–H groups in total. The van der Waals surface area contributed by atoms with Crippen molar-refractivity contribution >= 4 is 23.4 Å². The fourth-order valence-electron chi connectivity index (χ4n) is 1.68. The topological polar surface area (TPSA) is 50.1 Å². The van der Waals surface area contributed by atoms with Crippen molar-refractivity contribution < 1.29 is 9.53 Å². The zero-order chi connectivity index (χ0) is 15.1. The Kier molecular flexibility index (Phi) is 5.08. The molecular formula is C17H13NO2S. The van der Waals surface area contributed by atoms with E-state index in [1.54, 1.807) is 6.08 Å². The maximum Gasteiger partial charge on any atom is 0.349 e. The van der Waals surface area contributed by atoms with Crippen molar-refractivity contribution in [2.45, 2.75) is 0 Å². The van der Waals surface area contributed by atoms with Crippen LogP contribution in [-0.2, 0) is 9.53 Å². The number of esters is 1. The van der Waals surface area contributed by atoms with Crippen molar-refractivity contribution in [1.29, 1.82) is 5.26 Å². The molecule has 0 amide bonds. The molecule has 0 bridgehead atoms. The molecule has 2 rings (SSSR count). The summed E-state index contributed by atoms with van der Waals surface area (Å²) < 4.78 is 4.86. The molecule has 0 saturated carbocycles. The van der Waals surface area contributed by atoms with E-state index >= 15 is 0 Å². The third kappa shape index (κ3) is 3.91. The molecule has 0 saturated heterocycles. The fraction of sp³-hybridized carbons (Fsp3) is 0.0588. The van der Waals surface area contributed by atoms with Gasteiger partial charge in [-0.05, 0) is 23.8 Å². The summed E-state index contributed by atoms with van der Waals surface area (Å²) in [6, 6.07) is 15.6. The first-order valence-corrected chi connectivity index (χ1v) is 7.11. The van der Waals surface area contributed by atoms with E-state index in [-0.39, 0.29) is 12.2 Å². The Morgan fingerprint density at radius 1 is 1.29 bits per heavy atom. The summed E-state index contributed by atoms with van der Waals surface area (Å²) in [5, 5.41) is 9.04. The summed E-state index contributed by atoms with van der Waals surface area (Å²) in [6.07, 6.45) is 3.01. The van der Waals surface area contributed by atoms with Gasteiger partial charge in [0.2, 0.25) is 0 Å². The van der Waals surface area contributed by atoms with Crippen molar-refractivity contribution in [1.82, 2.24) is 0 Å². The highest BCUT2D eigenvalue weighted by atomic mass is 32.1. The highest BCUT2D eigenvalue weighted by molar-refractivity contribution is 7.16. The van der Waals surface area contributed by atoms with Gasteiger partial charge in [0, 0.05) is 9.75 Å². The van der Waals surface area contributed by atoms with Gasteiger partial charge in [-0.25, -0.2) is 4.79 Å². The number of hydrogen-bond donors (Lipinski definition) is 0. The Hall–Kier alpha value is -2.64. The number of hydrogen-bond acceptors (Lipinski definition) is 4. The zero-order valence-electron chi connectivity index (χ0n) is 11.3. The van der Waals surface area contributed by atoms with E-state index in [2.05, 4.69) is 6.58 Å². The number of carbonyl (C=O) groups is 1. The first-order valence-electron chi connectivity index (χ1n) is 6.29. The lowest BCUT2D eigenvalue weighted by atomic mass is 10.2. The normalized spacial score (nSPS) is 10.7. The van der Waals surface area contributed by atoms with Crippen molar-refractivity contribution in [2.24, 2.45) is 0 Å². The molecule has 3 nitrogen and oxygen atoms in total. The molecule has 1 aromatic carbocycles. The highest BCUT2D eigenvalue weighted by Crippen LogP contribution is 2.29. The third-order valence-corrected chi connectivity index (χ3v) is 3.73. The van der Waals surface area contributed by atoms with Crippen LogP contribution in [0.4, 0.5) is 0 Å². The summed E-state index contributed by atoms with van der Waals surface area (Å²) in [7, 11) is 0. The maximum atomic E-state index is 11.7. The molecule has 0 unspecified atom stereocenters. The molecule has 21 heavy (non-hydrogen) atoms. The Labute approximate surface area is 127 Å². The van der Waals surface area contributed by atoms with E-state index in [1.165, 1.54) is 17.4 Å². The first-order chi connectivity index (χ1) is 10.2. The lowest BCUT2D eigenvalue weighted by Gasteiger charge is -1.98. The number of carbonyl (C=O) groups excluding carboxylic acids is 1. The number of ether oxygens (including phenoxy) is 1. The van der Waals surface area contributed by atoms with Gasteiger partial charge in [-0.15, -0.1) is 11.3 Å². The molecule has 104 valence electrons. The second-order valence-electron chi connectivity index (χ2n) is 4.12. The van der Waals surface area contributed by atoms with Gasteiger partial charge >= 0.3 is 5.97 Å². The molecule has 0 spiro atoms. The quantitative estimate of drug-likeness (QED) is 0.362. The third-order valence-electron chi connectivity index (χ3n) is 2.64. The van der Waals surface area contributed by atoms with E-state index in [9.17, 15) is 4.79 Å².